The number of aromatic nitrogens is 2. The number of aliphatic carboxylic acids is 1. The van der Waals surface area contributed by atoms with Gasteiger partial charge in [-0.3, -0.25) is 9.48 Å². The van der Waals surface area contributed by atoms with Gasteiger partial charge in [-0.1, -0.05) is 6.92 Å². The minimum atomic E-state index is -1.04. The van der Waals surface area contributed by atoms with Gasteiger partial charge in [0.2, 0.25) is 0 Å². The summed E-state index contributed by atoms with van der Waals surface area (Å²) in [6, 6.07) is 5.02. The first-order valence-electron chi connectivity index (χ1n) is 8.47. The van der Waals surface area contributed by atoms with Crippen LogP contribution in [0, 0.1) is 6.92 Å². The highest BCUT2D eigenvalue weighted by Gasteiger charge is 2.23. The van der Waals surface area contributed by atoms with Gasteiger partial charge in [0, 0.05) is 5.69 Å². The number of ether oxygens (including phenoxy) is 1. The second kappa shape index (κ2) is 7.59. The average molecular weight is 359 g/mol. The summed E-state index contributed by atoms with van der Waals surface area (Å²) in [5, 5.41) is 15.9. The van der Waals surface area contributed by atoms with Crippen LogP contribution in [0.1, 0.15) is 49.3 Å². The summed E-state index contributed by atoms with van der Waals surface area (Å²) in [7, 11) is 0. The van der Waals surface area contributed by atoms with E-state index in [4.69, 9.17) is 9.84 Å². The molecule has 0 unspecified atom stereocenters. The molecular weight excluding hydrogens is 334 g/mol. The molecule has 1 aromatic heterocycles. The summed E-state index contributed by atoms with van der Waals surface area (Å²) < 4.78 is 7.02. The van der Waals surface area contributed by atoms with Crippen LogP contribution in [0.4, 0.5) is 5.69 Å². The van der Waals surface area contributed by atoms with Gasteiger partial charge < -0.3 is 15.2 Å². The Kier molecular flexibility index (Phi) is 5.69. The number of aryl methyl sites for hydroxylation is 1. The lowest BCUT2D eigenvalue weighted by atomic mass is 10.1. The zero-order valence-corrected chi connectivity index (χ0v) is 15.8. The first-order valence-corrected chi connectivity index (χ1v) is 8.47. The van der Waals surface area contributed by atoms with Crippen molar-refractivity contribution < 1.29 is 19.4 Å². The van der Waals surface area contributed by atoms with Gasteiger partial charge in [0.15, 0.2) is 6.61 Å². The monoisotopic (exact) mass is 359 g/mol. The molecular formula is C19H25N3O4. The highest BCUT2D eigenvalue weighted by Crippen LogP contribution is 2.24. The highest BCUT2D eigenvalue weighted by atomic mass is 16.5. The number of hydrogen-bond donors (Lipinski definition) is 2. The molecule has 2 N–H and O–H groups in total. The van der Waals surface area contributed by atoms with E-state index >= 15 is 0 Å². The third-order valence-electron chi connectivity index (χ3n) is 3.89. The van der Waals surface area contributed by atoms with E-state index in [1.165, 1.54) is 0 Å². The Morgan fingerprint density at radius 2 is 2.00 bits per heavy atom. The van der Waals surface area contributed by atoms with Gasteiger partial charge in [0.05, 0.1) is 23.0 Å². The molecule has 0 saturated heterocycles. The standard InChI is InChI=1S/C19H25N3O4/c1-6-16-14(10-20-22(16)19(3,4)5)18(25)21-15-8-7-13(9-12(15)2)26-11-17(23)24/h7-10H,6,11H2,1-5H3,(H,21,25)(H,23,24). The van der Waals surface area contributed by atoms with Crippen molar-refractivity contribution in [3.63, 3.8) is 0 Å². The normalized spacial score (nSPS) is 11.3. The summed E-state index contributed by atoms with van der Waals surface area (Å²) in [6.45, 7) is 9.54. The molecule has 0 radical (unpaired) electrons. The van der Waals surface area contributed by atoms with Gasteiger partial charge in [-0.2, -0.15) is 5.10 Å². The molecule has 0 atom stereocenters. The second-order valence-electron chi connectivity index (χ2n) is 7.05. The van der Waals surface area contributed by atoms with E-state index in [2.05, 4.69) is 10.4 Å². The van der Waals surface area contributed by atoms with Gasteiger partial charge in [0.1, 0.15) is 5.75 Å². The summed E-state index contributed by atoms with van der Waals surface area (Å²) in [6.07, 6.45) is 2.29. The zero-order chi connectivity index (χ0) is 19.5. The van der Waals surface area contributed by atoms with Crippen LogP contribution < -0.4 is 10.1 Å². The number of amides is 1. The van der Waals surface area contributed by atoms with E-state index in [-0.39, 0.29) is 11.4 Å². The van der Waals surface area contributed by atoms with Gasteiger partial charge in [-0.15, -0.1) is 0 Å². The topological polar surface area (TPSA) is 93.4 Å². The van der Waals surface area contributed by atoms with Crippen molar-refractivity contribution in [2.24, 2.45) is 0 Å². The van der Waals surface area contributed by atoms with Crippen molar-refractivity contribution >= 4 is 17.6 Å². The maximum absolute atomic E-state index is 12.7. The molecule has 2 rings (SSSR count). The Hall–Kier alpha value is -2.83. The minimum absolute atomic E-state index is 0.205. The fraction of sp³-hybridized carbons (Fsp3) is 0.421. The van der Waals surface area contributed by atoms with Gasteiger partial charge in [-0.25, -0.2) is 4.79 Å². The van der Waals surface area contributed by atoms with Crippen molar-refractivity contribution in [1.82, 2.24) is 9.78 Å². The molecule has 0 spiro atoms. The van der Waals surface area contributed by atoms with Crippen LogP contribution in [0.25, 0.3) is 0 Å². The second-order valence-corrected chi connectivity index (χ2v) is 7.05. The van der Waals surface area contributed by atoms with E-state index < -0.39 is 12.6 Å². The van der Waals surface area contributed by atoms with E-state index in [1.54, 1.807) is 24.4 Å². The van der Waals surface area contributed by atoms with Gasteiger partial charge in [-0.05, 0) is 57.9 Å². The van der Waals surface area contributed by atoms with Crippen LogP contribution in [-0.2, 0) is 16.8 Å². The summed E-state index contributed by atoms with van der Waals surface area (Å²) >= 11 is 0. The SMILES string of the molecule is CCc1c(C(=O)Nc2ccc(OCC(=O)O)cc2C)cnn1C(C)(C)C. The number of carbonyl (C=O) groups excluding carboxylic acids is 1. The number of rotatable bonds is 6. The van der Waals surface area contributed by atoms with Crippen LogP contribution >= 0.6 is 0 Å². The van der Waals surface area contributed by atoms with E-state index in [0.29, 0.717) is 23.4 Å². The number of nitrogens with one attached hydrogen (secondary N) is 1. The quantitative estimate of drug-likeness (QED) is 0.826. The largest absolute Gasteiger partial charge is 0.482 e. The Balaban J connectivity index is 2.20. The van der Waals surface area contributed by atoms with Crippen LogP contribution in [0.2, 0.25) is 0 Å². The van der Waals surface area contributed by atoms with Crippen molar-refractivity contribution in [2.45, 2.75) is 46.6 Å². The molecule has 0 bridgehead atoms. The van der Waals surface area contributed by atoms with Crippen molar-refractivity contribution in [3.8, 4) is 5.75 Å². The molecule has 1 heterocycles. The number of benzene rings is 1. The average Bonchev–Trinajstić information content (AvgIpc) is 2.99. The number of nitrogens with zero attached hydrogens (tertiary/aromatic N) is 2. The lowest BCUT2D eigenvalue weighted by Crippen LogP contribution is -2.26. The summed E-state index contributed by atoms with van der Waals surface area (Å²) in [5.41, 5.74) is 2.65. The molecule has 0 aliphatic heterocycles. The number of carbonyl (C=O) groups is 2. The Morgan fingerprint density at radius 1 is 1.31 bits per heavy atom. The Morgan fingerprint density at radius 3 is 2.54 bits per heavy atom. The number of carboxylic acid groups (broad SMARTS) is 1. The predicted octanol–water partition coefficient (Wildman–Crippen LogP) is 3.22. The molecule has 2 aromatic rings. The smallest absolute Gasteiger partial charge is 0.341 e. The molecule has 26 heavy (non-hydrogen) atoms. The van der Waals surface area contributed by atoms with E-state index in [9.17, 15) is 9.59 Å². The maximum atomic E-state index is 12.7. The van der Waals surface area contributed by atoms with Crippen LogP contribution in [0.15, 0.2) is 24.4 Å². The lowest BCUT2D eigenvalue weighted by Gasteiger charge is -2.22. The van der Waals surface area contributed by atoms with Gasteiger partial charge in [0.25, 0.3) is 5.91 Å². The predicted molar refractivity (Wildman–Crippen MR) is 98.9 cm³/mol. The molecule has 1 amide bonds. The Bertz CT molecular complexity index is 819. The minimum Gasteiger partial charge on any atom is -0.482 e. The molecule has 1 aromatic carbocycles. The number of hydrogen-bond acceptors (Lipinski definition) is 4. The van der Waals surface area contributed by atoms with E-state index in [1.807, 2.05) is 39.3 Å². The third-order valence-corrected chi connectivity index (χ3v) is 3.89. The molecule has 7 nitrogen and oxygen atoms in total. The molecule has 140 valence electrons. The van der Waals surface area contributed by atoms with E-state index in [0.717, 1.165) is 11.3 Å². The molecule has 0 aliphatic carbocycles. The summed E-state index contributed by atoms with van der Waals surface area (Å²) in [4.78, 5) is 23.3. The fourth-order valence-corrected chi connectivity index (χ4v) is 2.68. The molecule has 0 aliphatic rings. The highest BCUT2D eigenvalue weighted by molar-refractivity contribution is 6.05. The van der Waals surface area contributed by atoms with Crippen molar-refractivity contribution in [3.05, 3.63) is 41.2 Å². The molecule has 7 heteroatoms. The zero-order valence-electron chi connectivity index (χ0n) is 15.8. The first-order chi connectivity index (χ1) is 12.1. The molecule has 0 fully saturated rings. The number of anilines is 1. The number of carboxylic acids is 1. The maximum Gasteiger partial charge on any atom is 0.341 e. The van der Waals surface area contributed by atoms with Crippen molar-refractivity contribution in [2.75, 3.05) is 11.9 Å². The van der Waals surface area contributed by atoms with Crippen LogP contribution in [0.5, 0.6) is 5.75 Å². The summed E-state index contributed by atoms with van der Waals surface area (Å²) in [5.74, 6) is -0.819. The van der Waals surface area contributed by atoms with Crippen LogP contribution in [-0.4, -0.2) is 33.4 Å². The Labute approximate surface area is 153 Å². The van der Waals surface area contributed by atoms with Crippen LogP contribution in [0.3, 0.4) is 0 Å². The molecule has 0 saturated carbocycles. The third kappa shape index (κ3) is 4.41. The lowest BCUT2D eigenvalue weighted by molar-refractivity contribution is -0.139. The van der Waals surface area contributed by atoms with Crippen molar-refractivity contribution in [1.29, 1.82) is 0 Å². The first kappa shape index (κ1) is 19.5. The fourth-order valence-electron chi connectivity index (χ4n) is 2.68. The van der Waals surface area contributed by atoms with Gasteiger partial charge >= 0.3 is 5.97 Å².